The SMILES string of the molecule is N#Cc1nccnc1OC1CCC(NC(=O)Cc2ccc(F)cc2F)CC1. The number of hydrogen-bond donors (Lipinski definition) is 1. The summed E-state index contributed by atoms with van der Waals surface area (Å²) in [7, 11) is 0. The van der Waals surface area contributed by atoms with Crippen molar-refractivity contribution in [1.82, 2.24) is 15.3 Å². The Hall–Kier alpha value is -3.08. The van der Waals surface area contributed by atoms with Gasteiger partial charge in [0.05, 0.1) is 6.42 Å². The second-order valence-electron chi connectivity index (χ2n) is 6.39. The summed E-state index contributed by atoms with van der Waals surface area (Å²) in [6, 6.07) is 5.10. The van der Waals surface area contributed by atoms with Gasteiger partial charge in [-0.05, 0) is 37.3 Å². The van der Waals surface area contributed by atoms with Gasteiger partial charge in [0, 0.05) is 24.5 Å². The van der Waals surface area contributed by atoms with Crippen molar-refractivity contribution in [3.8, 4) is 11.9 Å². The molecule has 140 valence electrons. The molecule has 0 aliphatic heterocycles. The van der Waals surface area contributed by atoms with Gasteiger partial charge in [-0.3, -0.25) is 4.79 Å². The average molecular weight is 372 g/mol. The number of nitrogens with one attached hydrogen (secondary N) is 1. The van der Waals surface area contributed by atoms with E-state index >= 15 is 0 Å². The maximum atomic E-state index is 13.6. The summed E-state index contributed by atoms with van der Waals surface area (Å²) in [6.07, 6.45) is 5.45. The third kappa shape index (κ3) is 4.97. The predicted molar refractivity (Wildman–Crippen MR) is 91.6 cm³/mol. The lowest BCUT2D eigenvalue weighted by Gasteiger charge is -2.29. The van der Waals surface area contributed by atoms with Crippen LogP contribution in [0.5, 0.6) is 5.88 Å². The molecule has 1 fully saturated rings. The summed E-state index contributed by atoms with van der Waals surface area (Å²) in [6.45, 7) is 0. The van der Waals surface area contributed by atoms with E-state index in [9.17, 15) is 13.6 Å². The van der Waals surface area contributed by atoms with Gasteiger partial charge >= 0.3 is 0 Å². The molecule has 1 aromatic heterocycles. The second kappa shape index (κ2) is 8.54. The number of carbonyl (C=O) groups excluding carboxylic acids is 1. The molecule has 1 aliphatic rings. The van der Waals surface area contributed by atoms with E-state index < -0.39 is 11.6 Å². The molecule has 0 unspecified atom stereocenters. The Morgan fingerprint density at radius 1 is 1.22 bits per heavy atom. The normalized spacial score (nSPS) is 19.1. The first-order valence-electron chi connectivity index (χ1n) is 8.66. The van der Waals surface area contributed by atoms with E-state index in [1.54, 1.807) is 0 Å². The first-order chi connectivity index (χ1) is 13.0. The molecule has 1 heterocycles. The largest absolute Gasteiger partial charge is 0.472 e. The van der Waals surface area contributed by atoms with Crippen LogP contribution in [0.3, 0.4) is 0 Å². The van der Waals surface area contributed by atoms with E-state index in [1.165, 1.54) is 18.5 Å². The molecular weight excluding hydrogens is 354 g/mol. The molecule has 0 radical (unpaired) electrons. The van der Waals surface area contributed by atoms with Crippen LogP contribution in [0.15, 0.2) is 30.6 Å². The standard InChI is InChI=1S/C19H18F2N4O2/c20-13-2-1-12(16(21)10-13)9-18(26)25-14-3-5-15(6-4-14)27-19-17(11-22)23-7-8-24-19/h1-2,7-8,10,14-15H,3-6,9H2,(H,25,26). The van der Waals surface area contributed by atoms with E-state index in [1.807, 2.05) is 6.07 Å². The molecule has 0 atom stereocenters. The number of halogens is 2. The highest BCUT2D eigenvalue weighted by molar-refractivity contribution is 5.78. The Bertz CT molecular complexity index is 861. The van der Waals surface area contributed by atoms with Gasteiger partial charge in [0.15, 0.2) is 0 Å². The molecule has 27 heavy (non-hydrogen) atoms. The molecule has 0 saturated heterocycles. The van der Waals surface area contributed by atoms with Crippen molar-refractivity contribution in [1.29, 1.82) is 5.26 Å². The monoisotopic (exact) mass is 372 g/mol. The number of ether oxygens (including phenoxy) is 1. The number of rotatable bonds is 5. The van der Waals surface area contributed by atoms with Crippen LogP contribution < -0.4 is 10.1 Å². The molecule has 1 aliphatic carbocycles. The van der Waals surface area contributed by atoms with Gasteiger partial charge in [-0.1, -0.05) is 6.07 Å². The zero-order valence-electron chi connectivity index (χ0n) is 14.5. The first-order valence-corrected chi connectivity index (χ1v) is 8.66. The minimum absolute atomic E-state index is 0.0295. The Morgan fingerprint density at radius 3 is 2.67 bits per heavy atom. The molecule has 0 bridgehead atoms. The van der Waals surface area contributed by atoms with E-state index in [0.717, 1.165) is 12.1 Å². The van der Waals surface area contributed by atoms with Gasteiger partial charge in [-0.15, -0.1) is 0 Å². The smallest absolute Gasteiger partial charge is 0.251 e. The fraction of sp³-hybridized carbons (Fsp3) is 0.368. The summed E-state index contributed by atoms with van der Waals surface area (Å²) in [4.78, 5) is 20.1. The minimum atomic E-state index is -0.723. The van der Waals surface area contributed by atoms with E-state index in [-0.39, 0.29) is 41.6 Å². The molecule has 1 aromatic carbocycles. The first kappa shape index (κ1) is 18.7. The molecule has 2 aromatic rings. The highest BCUT2D eigenvalue weighted by Gasteiger charge is 2.25. The van der Waals surface area contributed by atoms with Gasteiger partial charge < -0.3 is 10.1 Å². The molecule has 1 amide bonds. The highest BCUT2D eigenvalue weighted by atomic mass is 19.1. The maximum Gasteiger partial charge on any atom is 0.251 e. The fourth-order valence-corrected chi connectivity index (χ4v) is 3.09. The third-order valence-corrected chi connectivity index (χ3v) is 4.45. The van der Waals surface area contributed by atoms with Crippen LogP contribution >= 0.6 is 0 Å². The lowest BCUT2D eigenvalue weighted by Crippen LogP contribution is -2.40. The lowest BCUT2D eigenvalue weighted by atomic mass is 9.92. The molecule has 1 N–H and O–H groups in total. The number of aromatic nitrogens is 2. The summed E-state index contributed by atoms with van der Waals surface area (Å²) < 4.78 is 32.3. The van der Waals surface area contributed by atoms with Gasteiger partial charge in [0.25, 0.3) is 5.88 Å². The summed E-state index contributed by atoms with van der Waals surface area (Å²) in [5.74, 6) is -1.47. The van der Waals surface area contributed by atoms with Crippen LogP contribution in [-0.2, 0) is 11.2 Å². The van der Waals surface area contributed by atoms with Crippen molar-refractivity contribution in [3.63, 3.8) is 0 Å². The number of carbonyl (C=O) groups is 1. The Balaban J connectivity index is 1.48. The maximum absolute atomic E-state index is 13.6. The number of benzene rings is 1. The lowest BCUT2D eigenvalue weighted by molar-refractivity contribution is -0.121. The van der Waals surface area contributed by atoms with Gasteiger partial charge in [-0.25, -0.2) is 18.7 Å². The van der Waals surface area contributed by atoms with Gasteiger partial charge in [0.1, 0.15) is 23.8 Å². The molecular formula is C19H18F2N4O2. The zero-order chi connectivity index (χ0) is 19.2. The van der Waals surface area contributed by atoms with Gasteiger partial charge in [0.2, 0.25) is 11.6 Å². The molecule has 6 nitrogen and oxygen atoms in total. The van der Waals surface area contributed by atoms with Crippen LogP contribution in [-0.4, -0.2) is 28.0 Å². The second-order valence-corrected chi connectivity index (χ2v) is 6.39. The van der Waals surface area contributed by atoms with Crippen molar-refractivity contribution >= 4 is 5.91 Å². The van der Waals surface area contributed by atoms with E-state index in [0.29, 0.717) is 25.7 Å². The Morgan fingerprint density at radius 2 is 1.96 bits per heavy atom. The number of hydrogen-bond acceptors (Lipinski definition) is 5. The minimum Gasteiger partial charge on any atom is -0.472 e. The van der Waals surface area contributed by atoms with Gasteiger partial charge in [-0.2, -0.15) is 5.26 Å². The summed E-state index contributed by atoms with van der Waals surface area (Å²) in [5.41, 5.74) is 0.312. The molecule has 0 spiro atoms. The Kier molecular flexibility index (Phi) is 5.91. The third-order valence-electron chi connectivity index (χ3n) is 4.45. The summed E-state index contributed by atoms with van der Waals surface area (Å²) >= 11 is 0. The molecule has 1 saturated carbocycles. The Labute approximate surface area is 155 Å². The van der Waals surface area contributed by atoms with Crippen LogP contribution in [0.4, 0.5) is 8.78 Å². The zero-order valence-corrected chi connectivity index (χ0v) is 14.5. The highest BCUT2D eigenvalue weighted by Crippen LogP contribution is 2.24. The van der Waals surface area contributed by atoms with Crippen LogP contribution in [0.1, 0.15) is 36.9 Å². The van der Waals surface area contributed by atoms with E-state index in [2.05, 4.69) is 15.3 Å². The topological polar surface area (TPSA) is 87.9 Å². The van der Waals surface area contributed by atoms with Crippen molar-refractivity contribution in [2.75, 3.05) is 0 Å². The van der Waals surface area contributed by atoms with Crippen molar-refractivity contribution in [2.45, 2.75) is 44.2 Å². The van der Waals surface area contributed by atoms with Crippen LogP contribution in [0, 0.1) is 23.0 Å². The van der Waals surface area contributed by atoms with E-state index in [4.69, 9.17) is 10.00 Å². The van der Waals surface area contributed by atoms with Crippen LogP contribution in [0.2, 0.25) is 0 Å². The van der Waals surface area contributed by atoms with Crippen molar-refractivity contribution in [2.24, 2.45) is 0 Å². The number of amides is 1. The van der Waals surface area contributed by atoms with Crippen LogP contribution in [0.25, 0.3) is 0 Å². The van der Waals surface area contributed by atoms with Crippen molar-refractivity contribution < 1.29 is 18.3 Å². The molecule has 3 rings (SSSR count). The molecule has 8 heteroatoms. The predicted octanol–water partition coefficient (Wildman–Crippen LogP) is 2.68. The van der Waals surface area contributed by atoms with Crippen molar-refractivity contribution in [3.05, 3.63) is 53.5 Å². The fourth-order valence-electron chi connectivity index (χ4n) is 3.09. The quantitative estimate of drug-likeness (QED) is 0.872. The number of nitriles is 1. The average Bonchev–Trinajstić information content (AvgIpc) is 2.66. The number of nitrogens with zero attached hydrogens (tertiary/aromatic N) is 3. The summed E-state index contributed by atoms with van der Waals surface area (Å²) in [5, 5.41) is 11.9.